The van der Waals surface area contributed by atoms with E-state index in [1.807, 2.05) is 32.0 Å². The predicted octanol–water partition coefficient (Wildman–Crippen LogP) is 2.15. The fourth-order valence-corrected chi connectivity index (χ4v) is 2.33. The van der Waals surface area contributed by atoms with Gasteiger partial charge in [-0.05, 0) is 31.9 Å². The van der Waals surface area contributed by atoms with Crippen molar-refractivity contribution in [2.45, 2.75) is 45.3 Å². The Morgan fingerprint density at radius 1 is 1.35 bits per heavy atom. The normalized spacial score (nSPS) is 14.6. The number of para-hydroxylation sites is 1. The van der Waals surface area contributed by atoms with Crippen molar-refractivity contribution in [1.82, 2.24) is 5.32 Å². The molecule has 0 aliphatic heterocycles. The summed E-state index contributed by atoms with van der Waals surface area (Å²) in [6.07, 6.45) is -0.454. The highest BCUT2D eigenvalue weighted by Crippen LogP contribution is 2.19. The molecular weight excluding hydrogens is 298 g/mol. The number of ether oxygens (including phenoxy) is 2. The van der Waals surface area contributed by atoms with Crippen LogP contribution in [-0.4, -0.2) is 42.3 Å². The van der Waals surface area contributed by atoms with Crippen LogP contribution in [0.15, 0.2) is 24.3 Å². The largest absolute Gasteiger partial charge is 0.481 e. The van der Waals surface area contributed by atoms with E-state index in [-0.39, 0.29) is 18.9 Å². The first kappa shape index (κ1) is 19.0. The lowest BCUT2D eigenvalue weighted by atomic mass is 9.98. The average Bonchev–Trinajstić information content (AvgIpc) is 2.45. The molecule has 0 fully saturated rings. The molecule has 128 valence electrons. The van der Waals surface area contributed by atoms with Crippen LogP contribution >= 0.6 is 0 Å². The number of nitrogens with one attached hydrogen (secondary N) is 1. The van der Waals surface area contributed by atoms with Crippen molar-refractivity contribution >= 4 is 11.9 Å². The van der Waals surface area contributed by atoms with Crippen LogP contribution in [0.1, 0.15) is 32.3 Å². The number of carbonyl (C=O) groups excluding carboxylic acids is 1. The van der Waals surface area contributed by atoms with E-state index in [0.29, 0.717) is 12.2 Å². The Balaban J connectivity index is 2.82. The Hall–Kier alpha value is -2.08. The highest BCUT2D eigenvalue weighted by atomic mass is 16.5. The number of methoxy groups -OCH3 is 1. The van der Waals surface area contributed by atoms with E-state index in [1.165, 1.54) is 7.11 Å². The zero-order valence-corrected chi connectivity index (χ0v) is 14.1. The van der Waals surface area contributed by atoms with Crippen LogP contribution in [0.2, 0.25) is 0 Å². The van der Waals surface area contributed by atoms with Gasteiger partial charge in [0.1, 0.15) is 5.75 Å². The van der Waals surface area contributed by atoms with E-state index >= 15 is 0 Å². The Labute approximate surface area is 136 Å². The number of benzene rings is 1. The molecule has 1 amide bonds. The summed E-state index contributed by atoms with van der Waals surface area (Å²) in [5, 5.41) is 11.8. The molecule has 23 heavy (non-hydrogen) atoms. The van der Waals surface area contributed by atoms with Gasteiger partial charge in [0.2, 0.25) is 0 Å². The lowest BCUT2D eigenvalue weighted by Gasteiger charge is -2.30. The minimum Gasteiger partial charge on any atom is -0.481 e. The molecule has 0 spiro atoms. The number of carboxylic acids is 1. The topological polar surface area (TPSA) is 84.9 Å². The zero-order valence-electron chi connectivity index (χ0n) is 14.1. The molecule has 0 saturated carbocycles. The molecule has 2 atom stereocenters. The molecule has 0 heterocycles. The molecule has 2 unspecified atom stereocenters. The minimum absolute atomic E-state index is 0.103. The van der Waals surface area contributed by atoms with Crippen LogP contribution in [0.5, 0.6) is 5.75 Å². The molecule has 6 heteroatoms. The zero-order chi connectivity index (χ0) is 17.5. The molecule has 2 N–H and O–H groups in total. The number of aryl methyl sites for hydroxylation is 1. The molecule has 0 aliphatic carbocycles. The van der Waals surface area contributed by atoms with E-state index in [1.54, 1.807) is 13.0 Å². The highest BCUT2D eigenvalue weighted by Gasteiger charge is 2.32. The maximum atomic E-state index is 12.5. The third kappa shape index (κ3) is 5.90. The number of aliphatic carboxylic acids is 1. The summed E-state index contributed by atoms with van der Waals surface area (Å²) in [5.74, 6) is -0.713. The van der Waals surface area contributed by atoms with Crippen molar-refractivity contribution in [3.63, 3.8) is 0 Å². The molecule has 0 aliphatic rings. The number of amides is 1. The summed E-state index contributed by atoms with van der Waals surface area (Å²) in [7, 11) is 1.47. The summed E-state index contributed by atoms with van der Waals surface area (Å²) in [5.41, 5.74) is -0.0517. The minimum atomic E-state index is -1.00. The van der Waals surface area contributed by atoms with Crippen molar-refractivity contribution in [3.05, 3.63) is 29.8 Å². The Morgan fingerprint density at radius 2 is 2.00 bits per heavy atom. The van der Waals surface area contributed by atoms with Gasteiger partial charge < -0.3 is 19.9 Å². The predicted molar refractivity (Wildman–Crippen MR) is 86.6 cm³/mol. The number of hydrogen-bond acceptors (Lipinski definition) is 4. The van der Waals surface area contributed by atoms with Gasteiger partial charge in [-0.15, -0.1) is 0 Å². The quantitative estimate of drug-likeness (QED) is 0.727. The van der Waals surface area contributed by atoms with Crippen molar-refractivity contribution in [2.75, 3.05) is 13.7 Å². The van der Waals surface area contributed by atoms with Crippen LogP contribution in [0.4, 0.5) is 0 Å². The third-order valence-corrected chi connectivity index (χ3v) is 3.46. The summed E-state index contributed by atoms with van der Waals surface area (Å²) < 4.78 is 10.8. The number of carbonyl (C=O) groups is 2. The van der Waals surface area contributed by atoms with Gasteiger partial charge in [-0.3, -0.25) is 9.59 Å². The first-order valence-corrected chi connectivity index (χ1v) is 7.56. The number of carboxylic acid groups (broad SMARTS) is 1. The monoisotopic (exact) mass is 323 g/mol. The van der Waals surface area contributed by atoms with Gasteiger partial charge in [-0.1, -0.05) is 25.1 Å². The molecule has 0 aromatic heterocycles. The van der Waals surface area contributed by atoms with Gasteiger partial charge in [0.05, 0.1) is 18.6 Å². The molecule has 1 aromatic rings. The molecule has 1 aromatic carbocycles. The van der Waals surface area contributed by atoms with E-state index in [0.717, 1.165) is 5.56 Å². The SMILES string of the molecule is CCC(Oc1ccccc1C)C(=O)NC(C)(COC)CC(=O)O. The third-order valence-electron chi connectivity index (χ3n) is 3.46. The van der Waals surface area contributed by atoms with Gasteiger partial charge in [-0.25, -0.2) is 0 Å². The Morgan fingerprint density at radius 3 is 2.52 bits per heavy atom. The molecule has 0 saturated heterocycles. The summed E-state index contributed by atoms with van der Waals surface area (Å²) in [4.78, 5) is 23.5. The molecule has 0 bridgehead atoms. The van der Waals surface area contributed by atoms with Crippen LogP contribution < -0.4 is 10.1 Å². The van der Waals surface area contributed by atoms with Crippen LogP contribution in [0.25, 0.3) is 0 Å². The summed E-state index contributed by atoms with van der Waals surface area (Å²) >= 11 is 0. The maximum absolute atomic E-state index is 12.5. The number of rotatable bonds is 9. The van der Waals surface area contributed by atoms with Gasteiger partial charge in [-0.2, -0.15) is 0 Å². The first-order valence-electron chi connectivity index (χ1n) is 7.56. The maximum Gasteiger partial charge on any atom is 0.305 e. The van der Waals surface area contributed by atoms with E-state index < -0.39 is 17.6 Å². The lowest BCUT2D eigenvalue weighted by Crippen LogP contribution is -2.54. The second-order valence-electron chi connectivity index (χ2n) is 5.83. The molecule has 6 nitrogen and oxygen atoms in total. The van der Waals surface area contributed by atoms with Crippen LogP contribution in [-0.2, 0) is 14.3 Å². The molecule has 1 rings (SSSR count). The standard InChI is InChI=1S/C17H25NO5/c1-5-13(23-14-9-7-6-8-12(14)2)16(21)18-17(3,11-22-4)10-15(19)20/h6-9,13H,5,10-11H2,1-4H3,(H,18,21)(H,19,20). The molecule has 0 radical (unpaired) electrons. The van der Waals surface area contributed by atoms with Crippen molar-refractivity contribution < 1.29 is 24.2 Å². The van der Waals surface area contributed by atoms with Crippen LogP contribution in [0.3, 0.4) is 0 Å². The van der Waals surface area contributed by atoms with E-state index in [4.69, 9.17) is 14.6 Å². The fourth-order valence-electron chi connectivity index (χ4n) is 2.33. The smallest absolute Gasteiger partial charge is 0.305 e. The van der Waals surface area contributed by atoms with Gasteiger partial charge >= 0.3 is 5.97 Å². The van der Waals surface area contributed by atoms with Crippen LogP contribution in [0, 0.1) is 6.92 Å². The number of hydrogen-bond donors (Lipinski definition) is 2. The first-order chi connectivity index (χ1) is 10.8. The van der Waals surface area contributed by atoms with E-state index in [9.17, 15) is 9.59 Å². The second kappa shape index (κ2) is 8.53. The second-order valence-corrected chi connectivity index (χ2v) is 5.83. The average molecular weight is 323 g/mol. The van der Waals surface area contributed by atoms with Crippen molar-refractivity contribution in [2.24, 2.45) is 0 Å². The molecular formula is C17H25NO5. The van der Waals surface area contributed by atoms with Gasteiger partial charge in [0.15, 0.2) is 6.10 Å². The van der Waals surface area contributed by atoms with Crippen molar-refractivity contribution in [3.8, 4) is 5.75 Å². The van der Waals surface area contributed by atoms with Gasteiger partial charge in [0.25, 0.3) is 5.91 Å². The summed E-state index contributed by atoms with van der Waals surface area (Å²) in [6.45, 7) is 5.49. The highest BCUT2D eigenvalue weighted by molar-refractivity contribution is 5.82. The van der Waals surface area contributed by atoms with Crippen molar-refractivity contribution in [1.29, 1.82) is 0 Å². The van der Waals surface area contributed by atoms with E-state index in [2.05, 4.69) is 5.32 Å². The summed E-state index contributed by atoms with van der Waals surface area (Å²) in [6, 6.07) is 7.44. The lowest BCUT2D eigenvalue weighted by molar-refractivity contribution is -0.140. The Bertz CT molecular complexity index is 546. The fraction of sp³-hybridized carbons (Fsp3) is 0.529. The van der Waals surface area contributed by atoms with Gasteiger partial charge in [0, 0.05) is 7.11 Å². The Kier molecular flexibility index (Phi) is 7.03.